The van der Waals surface area contributed by atoms with Crippen LogP contribution in [0.3, 0.4) is 0 Å². The van der Waals surface area contributed by atoms with Crippen LogP contribution < -0.4 is 15.4 Å². The van der Waals surface area contributed by atoms with Crippen LogP contribution in [0.4, 0.5) is 5.82 Å². The quantitative estimate of drug-likeness (QED) is 0.879. The minimum absolute atomic E-state index is 0. The van der Waals surface area contributed by atoms with Crippen molar-refractivity contribution in [3.05, 3.63) is 12.4 Å². The lowest BCUT2D eigenvalue weighted by atomic mass is 10.1. The van der Waals surface area contributed by atoms with Crippen molar-refractivity contribution in [3.63, 3.8) is 0 Å². The summed E-state index contributed by atoms with van der Waals surface area (Å²) in [6.45, 7) is 2.14. The Morgan fingerprint density at radius 2 is 2.00 bits per heavy atom. The minimum Gasteiger partial charge on any atom is -0.481 e. The Labute approximate surface area is 114 Å². The zero-order valence-corrected chi connectivity index (χ0v) is 11.3. The molecule has 1 aromatic rings. The van der Waals surface area contributed by atoms with Crippen molar-refractivity contribution in [3.8, 4) is 5.88 Å². The molecule has 0 saturated carbocycles. The van der Waals surface area contributed by atoms with Gasteiger partial charge in [-0.2, -0.15) is 0 Å². The van der Waals surface area contributed by atoms with Crippen molar-refractivity contribution in [2.45, 2.75) is 18.9 Å². The summed E-state index contributed by atoms with van der Waals surface area (Å²) in [4.78, 5) is 8.12. The fourth-order valence-corrected chi connectivity index (χ4v) is 1.71. The van der Waals surface area contributed by atoms with E-state index in [4.69, 9.17) is 4.74 Å². The van der Waals surface area contributed by atoms with Crippen LogP contribution in [0.5, 0.6) is 5.88 Å². The van der Waals surface area contributed by atoms with E-state index >= 15 is 0 Å². The standard InChI is InChI=1S/C10H16N4O.2ClH/c1-15-10-6-9(12-7-13-10)14-8-2-4-11-5-3-8;;/h6-8,11H,2-5H2,1H3,(H,12,13,14);2*1H. The molecule has 0 bridgehead atoms. The van der Waals surface area contributed by atoms with Crippen LogP contribution in [0.15, 0.2) is 12.4 Å². The Hall–Kier alpha value is -0.780. The van der Waals surface area contributed by atoms with Gasteiger partial charge in [-0.25, -0.2) is 9.97 Å². The Balaban J connectivity index is 0.00000128. The molecule has 7 heteroatoms. The molecule has 98 valence electrons. The second kappa shape index (κ2) is 8.33. The summed E-state index contributed by atoms with van der Waals surface area (Å²) in [6, 6.07) is 2.33. The van der Waals surface area contributed by atoms with Gasteiger partial charge in [-0.3, -0.25) is 0 Å². The average molecular weight is 281 g/mol. The molecule has 0 amide bonds. The number of hydrogen-bond donors (Lipinski definition) is 2. The van der Waals surface area contributed by atoms with E-state index in [1.54, 1.807) is 7.11 Å². The van der Waals surface area contributed by atoms with E-state index < -0.39 is 0 Å². The molecule has 17 heavy (non-hydrogen) atoms. The molecule has 1 aliphatic rings. The number of piperidine rings is 1. The van der Waals surface area contributed by atoms with Gasteiger partial charge in [-0.15, -0.1) is 24.8 Å². The largest absolute Gasteiger partial charge is 0.481 e. The van der Waals surface area contributed by atoms with Crippen LogP contribution in [0.2, 0.25) is 0 Å². The molecule has 1 aromatic heterocycles. The van der Waals surface area contributed by atoms with Gasteiger partial charge in [0.2, 0.25) is 5.88 Å². The highest BCUT2D eigenvalue weighted by atomic mass is 35.5. The van der Waals surface area contributed by atoms with Crippen LogP contribution in [0.25, 0.3) is 0 Å². The summed E-state index contributed by atoms with van der Waals surface area (Å²) in [6.07, 6.45) is 3.78. The normalized spacial score (nSPS) is 15.4. The van der Waals surface area contributed by atoms with Gasteiger partial charge in [0.25, 0.3) is 0 Å². The van der Waals surface area contributed by atoms with Crippen LogP contribution in [-0.2, 0) is 0 Å². The van der Waals surface area contributed by atoms with Crippen LogP contribution in [-0.4, -0.2) is 36.2 Å². The van der Waals surface area contributed by atoms with Crippen LogP contribution in [0.1, 0.15) is 12.8 Å². The van der Waals surface area contributed by atoms with E-state index in [2.05, 4.69) is 20.6 Å². The molecule has 0 atom stereocenters. The molecule has 0 radical (unpaired) electrons. The third-order valence-corrected chi connectivity index (χ3v) is 2.54. The number of hydrogen-bond acceptors (Lipinski definition) is 5. The maximum absolute atomic E-state index is 5.04. The predicted molar refractivity (Wildman–Crippen MR) is 72.6 cm³/mol. The Bertz CT molecular complexity index is 321. The lowest BCUT2D eigenvalue weighted by Gasteiger charge is -2.24. The maximum Gasteiger partial charge on any atom is 0.218 e. The predicted octanol–water partition coefficient (Wildman–Crippen LogP) is 1.49. The summed E-state index contributed by atoms with van der Waals surface area (Å²) in [7, 11) is 1.61. The van der Waals surface area contributed by atoms with E-state index in [1.165, 1.54) is 6.33 Å². The molecule has 2 rings (SSSR count). The number of anilines is 1. The highest BCUT2D eigenvalue weighted by Gasteiger charge is 2.13. The first kappa shape index (κ1) is 16.2. The van der Waals surface area contributed by atoms with E-state index in [0.717, 1.165) is 31.7 Å². The number of methoxy groups -OCH3 is 1. The van der Waals surface area contributed by atoms with E-state index in [9.17, 15) is 0 Å². The molecule has 5 nitrogen and oxygen atoms in total. The Kier molecular flexibility index (Phi) is 7.95. The second-order valence-electron chi connectivity index (χ2n) is 3.61. The molecular formula is C10H18Cl2N4O. The first-order valence-electron chi connectivity index (χ1n) is 5.22. The topological polar surface area (TPSA) is 59.1 Å². The van der Waals surface area contributed by atoms with Crippen molar-refractivity contribution in [2.24, 2.45) is 0 Å². The van der Waals surface area contributed by atoms with Gasteiger partial charge in [0.1, 0.15) is 12.1 Å². The lowest BCUT2D eigenvalue weighted by molar-refractivity contribution is 0.397. The molecule has 0 aromatic carbocycles. The van der Waals surface area contributed by atoms with Crippen LogP contribution in [0, 0.1) is 0 Å². The third-order valence-electron chi connectivity index (χ3n) is 2.54. The van der Waals surface area contributed by atoms with E-state index in [-0.39, 0.29) is 24.8 Å². The summed E-state index contributed by atoms with van der Waals surface area (Å²) < 4.78 is 5.04. The van der Waals surface area contributed by atoms with Crippen molar-refractivity contribution >= 4 is 30.6 Å². The fraction of sp³-hybridized carbons (Fsp3) is 0.600. The molecule has 0 aliphatic carbocycles. The van der Waals surface area contributed by atoms with Gasteiger partial charge in [-0.1, -0.05) is 0 Å². The lowest BCUT2D eigenvalue weighted by Crippen LogP contribution is -2.35. The number of aromatic nitrogens is 2. The minimum atomic E-state index is 0. The molecule has 1 fully saturated rings. The van der Waals surface area contributed by atoms with Crippen molar-refractivity contribution in [2.75, 3.05) is 25.5 Å². The first-order valence-corrected chi connectivity index (χ1v) is 5.22. The highest BCUT2D eigenvalue weighted by Crippen LogP contribution is 2.14. The fourth-order valence-electron chi connectivity index (χ4n) is 1.71. The van der Waals surface area contributed by atoms with E-state index in [0.29, 0.717) is 11.9 Å². The van der Waals surface area contributed by atoms with Crippen molar-refractivity contribution in [1.82, 2.24) is 15.3 Å². The zero-order valence-electron chi connectivity index (χ0n) is 9.68. The number of halogens is 2. The number of ether oxygens (including phenoxy) is 1. The molecular weight excluding hydrogens is 263 g/mol. The van der Waals surface area contributed by atoms with Crippen molar-refractivity contribution in [1.29, 1.82) is 0 Å². The number of nitrogens with zero attached hydrogens (tertiary/aromatic N) is 2. The average Bonchev–Trinajstić information content (AvgIpc) is 2.31. The highest BCUT2D eigenvalue weighted by molar-refractivity contribution is 5.85. The summed E-state index contributed by atoms with van der Waals surface area (Å²) in [5.74, 6) is 1.44. The number of rotatable bonds is 3. The first-order chi connectivity index (χ1) is 7.38. The van der Waals surface area contributed by atoms with Gasteiger partial charge in [0.15, 0.2) is 0 Å². The van der Waals surface area contributed by atoms with Gasteiger partial charge in [0.05, 0.1) is 7.11 Å². The maximum atomic E-state index is 5.04. The summed E-state index contributed by atoms with van der Waals surface area (Å²) >= 11 is 0. The van der Waals surface area contributed by atoms with Gasteiger partial charge in [0, 0.05) is 12.1 Å². The smallest absolute Gasteiger partial charge is 0.218 e. The molecule has 1 saturated heterocycles. The van der Waals surface area contributed by atoms with Crippen molar-refractivity contribution < 1.29 is 4.74 Å². The molecule has 2 N–H and O–H groups in total. The van der Waals surface area contributed by atoms with Crippen LogP contribution >= 0.6 is 24.8 Å². The SMILES string of the molecule is COc1cc(NC2CCNCC2)ncn1.Cl.Cl. The monoisotopic (exact) mass is 280 g/mol. The molecule has 2 heterocycles. The van der Waals surface area contributed by atoms with E-state index in [1.807, 2.05) is 6.07 Å². The Morgan fingerprint density at radius 1 is 1.29 bits per heavy atom. The summed E-state index contributed by atoms with van der Waals surface area (Å²) in [5, 5.41) is 6.71. The zero-order chi connectivity index (χ0) is 10.5. The number of nitrogens with one attached hydrogen (secondary N) is 2. The third kappa shape index (κ3) is 4.93. The van der Waals surface area contributed by atoms with Gasteiger partial charge >= 0.3 is 0 Å². The van der Waals surface area contributed by atoms with Gasteiger partial charge in [-0.05, 0) is 25.9 Å². The Morgan fingerprint density at radius 3 is 2.65 bits per heavy atom. The molecule has 0 unspecified atom stereocenters. The molecule has 1 aliphatic heterocycles. The summed E-state index contributed by atoms with van der Waals surface area (Å²) in [5.41, 5.74) is 0. The molecule has 0 spiro atoms. The second-order valence-corrected chi connectivity index (χ2v) is 3.61. The van der Waals surface area contributed by atoms with Gasteiger partial charge < -0.3 is 15.4 Å².